The van der Waals surface area contributed by atoms with Gasteiger partial charge in [-0.3, -0.25) is 4.99 Å². The lowest BCUT2D eigenvalue weighted by atomic mass is 10.3. The third kappa shape index (κ3) is 6.16. The van der Waals surface area contributed by atoms with Crippen molar-refractivity contribution in [2.24, 2.45) is 4.99 Å². The van der Waals surface area contributed by atoms with E-state index in [4.69, 9.17) is 16.3 Å². The first-order valence-corrected chi connectivity index (χ1v) is 11.0. The van der Waals surface area contributed by atoms with Crippen molar-refractivity contribution in [1.82, 2.24) is 15.6 Å². The topological polar surface area (TPSA) is 95.8 Å². The molecule has 0 bridgehead atoms. The Morgan fingerprint density at radius 3 is 2.75 bits per heavy atom. The zero-order valence-electron chi connectivity index (χ0n) is 16.3. The number of rotatable bonds is 8. The number of esters is 1. The van der Waals surface area contributed by atoms with Gasteiger partial charge in [0.2, 0.25) is 0 Å². The Kier molecular flexibility index (Phi) is 8.68. The molecular weight excluding hydrogens is 420 g/mol. The molecule has 0 aliphatic rings. The molecule has 7 nitrogen and oxygen atoms in total. The van der Waals surface area contributed by atoms with Crippen LogP contribution >= 0.6 is 34.3 Å². The number of nitrogens with one attached hydrogen (secondary N) is 2. The second-order valence-electron chi connectivity index (χ2n) is 5.93. The van der Waals surface area contributed by atoms with Gasteiger partial charge in [0.25, 0.3) is 0 Å². The van der Waals surface area contributed by atoms with E-state index in [1.807, 2.05) is 13.8 Å². The number of thiazole rings is 1. The van der Waals surface area contributed by atoms with Gasteiger partial charge in [-0.05, 0) is 39.8 Å². The molecule has 0 amide bonds. The van der Waals surface area contributed by atoms with Crippen molar-refractivity contribution < 1.29 is 14.6 Å². The number of thiophene rings is 1. The summed E-state index contributed by atoms with van der Waals surface area (Å²) in [7, 11) is 0. The van der Waals surface area contributed by atoms with Crippen molar-refractivity contribution in [2.45, 2.75) is 39.8 Å². The fourth-order valence-electron chi connectivity index (χ4n) is 2.35. The summed E-state index contributed by atoms with van der Waals surface area (Å²) in [5, 5.41) is 17.5. The Hall–Kier alpha value is -1.68. The summed E-state index contributed by atoms with van der Waals surface area (Å²) < 4.78 is 5.70. The highest BCUT2D eigenvalue weighted by Gasteiger charge is 2.20. The van der Waals surface area contributed by atoms with Gasteiger partial charge in [-0.15, -0.1) is 22.7 Å². The number of aliphatic hydroxyl groups is 1. The fourth-order valence-corrected chi connectivity index (χ4v) is 4.35. The zero-order chi connectivity index (χ0) is 20.7. The fraction of sp³-hybridized carbons (Fsp3) is 0.500. The smallest absolute Gasteiger partial charge is 0.350 e. The Balaban J connectivity index is 2.06. The third-order valence-electron chi connectivity index (χ3n) is 3.69. The van der Waals surface area contributed by atoms with Gasteiger partial charge in [0, 0.05) is 11.4 Å². The highest BCUT2D eigenvalue weighted by atomic mass is 35.5. The number of aliphatic imine (C=N–C) groups is 1. The minimum Gasteiger partial charge on any atom is -0.462 e. The van der Waals surface area contributed by atoms with Gasteiger partial charge >= 0.3 is 5.97 Å². The first kappa shape index (κ1) is 22.6. The molecule has 0 fully saturated rings. The van der Waals surface area contributed by atoms with Crippen LogP contribution in [0.1, 0.15) is 58.2 Å². The molecule has 0 radical (unpaired) electrons. The van der Waals surface area contributed by atoms with Crippen molar-refractivity contribution in [3.05, 3.63) is 36.9 Å². The van der Waals surface area contributed by atoms with E-state index in [0.717, 1.165) is 9.88 Å². The molecular formula is C18H25ClN4O3S2. The largest absolute Gasteiger partial charge is 0.462 e. The normalized spacial score (nSPS) is 13.9. The molecule has 0 spiro atoms. The number of ether oxygens (including phenoxy) is 1. The maximum atomic E-state index is 12.0. The summed E-state index contributed by atoms with van der Waals surface area (Å²) in [6, 6.07) is 3.38. The Morgan fingerprint density at radius 1 is 1.39 bits per heavy atom. The van der Waals surface area contributed by atoms with Gasteiger partial charge < -0.3 is 20.5 Å². The molecule has 2 heterocycles. The number of aliphatic hydroxyl groups excluding tert-OH is 1. The van der Waals surface area contributed by atoms with Crippen LogP contribution in [0.15, 0.2) is 17.1 Å². The van der Waals surface area contributed by atoms with Crippen molar-refractivity contribution >= 4 is 46.2 Å². The Labute approximate surface area is 177 Å². The molecule has 28 heavy (non-hydrogen) atoms. The number of guanidine groups is 1. The van der Waals surface area contributed by atoms with Crippen LogP contribution in [0.3, 0.4) is 0 Å². The maximum absolute atomic E-state index is 12.0. The molecule has 2 aromatic heterocycles. The van der Waals surface area contributed by atoms with Gasteiger partial charge in [-0.1, -0.05) is 11.6 Å². The van der Waals surface area contributed by atoms with E-state index >= 15 is 0 Å². The molecule has 2 atom stereocenters. The number of aromatic nitrogens is 1. The number of aryl methyl sites for hydroxylation is 1. The van der Waals surface area contributed by atoms with E-state index < -0.39 is 6.10 Å². The number of nitrogens with zero attached hydrogens (tertiary/aromatic N) is 2. The second kappa shape index (κ2) is 10.8. The Morgan fingerprint density at radius 2 is 2.14 bits per heavy atom. The van der Waals surface area contributed by atoms with Crippen LogP contribution in [0.2, 0.25) is 4.34 Å². The first-order chi connectivity index (χ1) is 13.3. The van der Waals surface area contributed by atoms with Crippen LogP contribution in [0, 0.1) is 6.92 Å². The van der Waals surface area contributed by atoms with E-state index in [1.165, 1.54) is 22.7 Å². The molecule has 0 saturated carbocycles. The summed E-state index contributed by atoms with van der Waals surface area (Å²) in [6.07, 6.45) is -0.721. The van der Waals surface area contributed by atoms with Gasteiger partial charge in [0.15, 0.2) is 5.96 Å². The molecule has 0 aromatic carbocycles. The van der Waals surface area contributed by atoms with Crippen molar-refractivity contribution in [1.29, 1.82) is 0 Å². The summed E-state index contributed by atoms with van der Waals surface area (Å²) in [4.78, 5) is 22.2. The van der Waals surface area contributed by atoms with Crippen LogP contribution in [-0.2, 0) is 4.74 Å². The molecule has 0 aliphatic heterocycles. The number of carbonyl (C=O) groups is 1. The van der Waals surface area contributed by atoms with Crippen LogP contribution in [0.4, 0.5) is 0 Å². The first-order valence-electron chi connectivity index (χ1n) is 8.98. The monoisotopic (exact) mass is 444 g/mol. The zero-order valence-corrected chi connectivity index (χ0v) is 18.7. The lowest BCUT2D eigenvalue weighted by Gasteiger charge is -2.16. The summed E-state index contributed by atoms with van der Waals surface area (Å²) in [5.41, 5.74) is 0.652. The highest BCUT2D eigenvalue weighted by Crippen LogP contribution is 2.27. The minimum atomic E-state index is -0.721. The number of carbonyl (C=O) groups excluding carboxylic acids is 1. The predicted molar refractivity (Wildman–Crippen MR) is 115 cm³/mol. The Bertz CT molecular complexity index is 822. The van der Waals surface area contributed by atoms with Gasteiger partial charge in [-0.25, -0.2) is 9.78 Å². The van der Waals surface area contributed by atoms with Crippen LogP contribution < -0.4 is 10.6 Å². The average molecular weight is 445 g/mol. The SMILES string of the molecule is CCNC(=NCC(O)c1ccc(Cl)s1)NC(C)c1nc(C)c(C(=O)OCC)s1. The van der Waals surface area contributed by atoms with E-state index in [2.05, 4.69) is 20.6 Å². The van der Waals surface area contributed by atoms with Crippen LogP contribution in [0.25, 0.3) is 0 Å². The highest BCUT2D eigenvalue weighted by molar-refractivity contribution is 7.16. The number of hydrogen-bond donors (Lipinski definition) is 3. The molecule has 2 rings (SSSR count). The molecule has 0 saturated heterocycles. The third-order valence-corrected chi connectivity index (χ3v) is 6.34. The molecule has 2 aromatic rings. The molecule has 3 N–H and O–H groups in total. The van der Waals surface area contributed by atoms with E-state index in [-0.39, 0.29) is 18.6 Å². The maximum Gasteiger partial charge on any atom is 0.350 e. The predicted octanol–water partition coefficient (Wildman–Crippen LogP) is 3.69. The van der Waals surface area contributed by atoms with Gasteiger partial charge in [0.1, 0.15) is 16.0 Å². The molecule has 154 valence electrons. The molecule has 2 unspecified atom stereocenters. The summed E-state index contributed by atoms with van der Waals surface area (Å²) in [6.45, 7) is 8.67. The lowest BCUT2D eigenvalue weighted by Crippen LogP contribution is -2.39. The second-order valence-corrected chi connectivity index (χ2v) is 8.71. The van der Waals surface area contributed by atoms with Crippen LogP contribution in [-0.4, -0.2) is 41.7 Å². The van der Waals surface area contributed by atoms with Crippen molar-refractivity contribution in [3.63, 3.8) is 0 Å². The van der Waals surface area contributed by atoms with E-state index in [1.54, 1.807) is 26.0 Å². The summed E-state index contributed by atoms with van der Waals surface area (Å²) in [5.74, 6) is 0.205. The van der Waals surface area contributed by atoms with Crippen molar-refractivity contribution in [2.75, 3.05) is 19.7 Å². The molecule has 10 heteroatoms. The van der Waals surface area contributed by atoms with Gasteiger partial charge in [-0.2, -0.15) is 0 Å². The van der Waals surface area contributed by atoms with Gasteiger partial charge in [0.05, 0.1) is 29.2 Å². The lowest BCUT2D eigenvalue weighted by molar-refractivity contribution is 0.0531. The standard InChI is InChI=1S/C18H25ClN4O3S2/c1-5-20-18(21-9-12(24)13-7-8-14(19)27-13)23-11(4)16-22-10(3)15(28-16)17(25)26-6-2/h7-8,11-12,24H,5-6,9H2,1-4H3,(H2,20,21,23). The summed E-state index contributed by atoms with van der Waals surface area (Å²) >= 11 is 8.56. The number of halogens is 1. The average Bonchev–Trinajstić information content (AvgIpc) is 3.25. The molecule has 0 aliphatic carbocycles. The van der Waals surface area contributed by atoms with E-state index in [0.29, 0.717) is 34.0 Å². The number of hydrogen-bond acceptors (Lipinski definition) is 7. The quantitative estimate of drug-likeness (QED) is 0.326. The minimum absolute atomic E-state index is 0.169. The van der Waals surface area contributed by atoms with Crippen molar-refractivity contribution in [3.8, 4) is 0 Å². The van der Waals surface area contributed by atoms with Crippen LogP contribution in [0.5, 0.6) is 0 Å². The van der Waals surface area contributed by atoms with E-state index in [9.17, 15) is 9.90 Å².